The highest BCUT2D eigenvalue weighted by Gasteiger charge is 2.06. The molecule has 2 rings (SSSR count). The summed E-state index contributed by atoms with van der Waals surface area (Å²) in [5, 5.41) is 4.63. The van der Waals surface area contributed by atoms with Gasteiger partial charge in [-0.25, -0.2) is 0 Å². The highest BCUT2D eigenvalue weighted by Crippen LogP contribution is 2.02. The van der Waals surface area contributed by atoms with Gasteiger partial charge in [0.1, 0.15) is 12.4 Å². The summed E-state index contributed by atoms with van der Waals surface area (Å²) < 4.78 is 12.2. The van der Waals surface area contributed by atoms with Crippen molar-refractivity contribution in [3.63, 3.8) is 0 Å². The van der Waals surface area contributed by atoms with Gasteiger partial charge in [-0.1, -0.05) is 11.3 Å². The molecule has 1 N–H and O–H groups in total. The highest BCUT2D eigenvalue weighted by molar-refractivity contribution is 7.07. The quantitative estimate of drug-likeness (QED) is 0.715. The Kier molecular flexibility index (Phi) is 6.42. The minimum Gasteiger partial charge on any atom is -0.467 e. The third-order valence-corrected chi connectivity index (χ3v) is 4.03. The number of ether oxygens (including phenoxy) is 1. The van der Waals surface area contributed by atoms with Crippen LogP contribution in [0.3, 0.4) is 0 Å². The first-order valence-corrected chi connectivity index (χ1v) is 8.06. The van der Waals surface area contributed by atoms with E-state index in [1.807, 2.05) is 19.1 Å². The summed E-state index contributed by atoms with van der Waals surface area (Å²) >= 11 is 1.16. The van der Waals surface area contributed by atoms with E-state index in [1.165, 1.54) is 0 Å². The Morgan fingerprint density at radius 3 is 3.05 bits per heavy atom. The molecule has 0 unspecified atom stereocenters. The number of furan rings is 1. The van der Waals surface area contributed by atoms with Crippen LogP contribution in [-0.4, -0.2) is 23.6 Å². The number of hydrogen-bond donors (Lipinski definition) is 1. The van der Waals surface area contributed by atoms with Gasteiger partial charge in [0.15, 0.2) is 0 Å². The van der Waals surface area contributed by atoms with Crippen LogP contribution >= 0.6 is 11.3 Å². The number of carbonyl (C=O) groups excluding carboxylic acids is 1. The Morgan fingerprint density at radius 1 is 1.50 bits per heavy atom. The molecule has 6 nitrogen and oxygen atoms in total. The number of nitrogens with one attached hydrogen (secondary N) is 1. The Bertz CT molecular complexity index is 630. The van der Waals surface area contributed by atoms with E-state index >= 15 is 0 Å². The fraction of sp³-hybridized carbons (Fsp3) is 0.467. The van der Waals surface area contributed by atoms with Gasteiger partial charge in [0, 0.05) is 37.2 Å². The van der Waals surface area contributed by atoms with Crippen molar-refractivity contribution < 1.29 is 13.9 Å². The van der Waals surface area contributed by atoms with Crippen LogP contribution in [-0.2, 0) is 22.7 Å². The molecule has 0 saturated carbocycles. The maximum absolute atomic E-state index is 11.7. The van der Waals surface area contributed by atoms with E-state index in [1.54, 1.807) is 16.2 Å². The molecule has 22 heavy (non-hydrogen) atoms. The zero-order valence-electron chi connectivity index (χ0n) is 12.5. The van der Waals surface area contributed by atoms with Gasteiger partial charge < -0.3 is 19.0 Å². The molecule has 0 saturated heterocycles. The average Bonchev–Trinajstić information content (AvgIpc) is 3.12. The van der Waals surface area contributed by atoms with Crippen LogP contribution in [0, 0.1) is 6.92 Å². The van der Waals surface area contributed by atoms with E-state index in [0.717, 1.165) is 29.2 Å². The lowest BCUT2D eigenvalue weighted by atomic mass is 10.3. The Labute approximate surface area is 132 Å². The zero-order valence-corrected chi connectivity index (χ0v) is 13.4. The van der Waals surface area contributed by atoms with Gasteiger partial charge in [0.25, 0.3) is 0 Å². The van der Waals surface area contributed by atoms with Crippen molar-refractivity contribution in [2.45, 2.75) is 32.9 Å². The van der Waals surface area contributed by atoms with Crippen molar-refractivity contribution in [3.05, 3.63) is 44.9 Å². The molecule has 0 fully saturated rings. The molecule has 0 aliphatic heterocycles. The largest absolute Gasteiger partial charge is 0.467 e. The SMILES string of the molecule is Cc1csc(=O)n1CCC(=O)NCCCOCc1ccco1. The van der Waals surface area contributed by atoms with E-state index in [4.69, 9.17) is 9.15 Å². The number of rotatable bonds is 9. The van der Waals surface area contributed by atoms with Crippen LogP contribution < -0.4 is 10.2 Å². The molecule has 0 bridgehead atoms. The number of thiazole rings is 1. The molecule has 0 aliphatic rings. The fourth-order valence-electron chi connectivity index (χ4n) is 1.95. The lowest BCUT2D eigenvalue weighted by Crippen LogP contribution is -2.27. The third-order valence-electron chi connectivity index (χ3n) is 3.15. The molecular formula is C15H20N2O4S. The maximum atomic E-state index is 11.7. The number of carbonyl (C=O) groups is 1. The number of amides is 1. The van der Waals surface area contributed by atoms with Crippen molar-refractivity contribution in [2.24, 2.45) is 0 Å². The molecule has 0 spiro atoms. The third kappa shape index (κ3) is 5.16. The second-order valence-corrected chi connectivity index (χ2v) is 5.70. The van der Waals surface area contributed by atoms with Crippen LogP contribution in [0.1, 0.15) is 24.3 Å². The van der Waals surface area contributed by atoms with E-state index in [0.29, 0.717) is 32.7 Å². The van der Waals surface area contributed by atoms with Crippen LogP contribution in [0.25, 0.3) is 0 Å². The van der Waals surface area contributed by atoms with Crippen molar-refractivity contribution in [3.8, 4) is 0 Å². The van der Waals surface area contributed by atoms with Gasteiger partial charge in [-0.15, -0.1) is 0 Å². The molecule has 1 amide bonds. The Morgan fingerprint density at radius 2 is 2.36 bits per heavy atom. The second-order valence-electron chi connectivity index (χ2n) is 4.88. The summed E-state index contributed by atoms with van der Waals surface area (Å²) in [4.78, 5) is 23.2. The summed E-state index contributed by atoms with van der Waals surface area (Å²) in [5.74, 6) is 0.740. The highest BCUT2D eigenvalue weighted by atomic mass is 32.1. The van der Waals surface area contributed by atoms with Gasteiger partial charge in [-0.3, -0.25) is 9.59 Å². The number of hydrogen-bond acceptors (Lipinski definition) is 5. The minimum atomic E-state index is -0.0523. The molecular weight excluding hydrogens is 304 g/mol. The number of aromatic nitrogens is 1. The molecule has 0 radical (unpaired) electrons. The van der Waals surface area contributed by atoms with Crippen molar-refractivity contribution in [1.29, 1.82) is 0 Å². The molecule has 120 valence electrons. The summed E-state index contributed by atoms with van der Waals surface area (Å²) in [6, 6.07) is 3.68. The molecule has 0 atom stereocenters. The van der Waals surface area contributed by atoms with Gasteiger partial charge in [0.2, 0.25) is 5.91 Å². The summed E-state index contributed by atoms with van der Waals surface area (Å²) in [6.45, 7) is 3.86. The summed E-state index contributed by atoms with van der Waals surface area (Å²) in [6.07, 6.45) is 2.66. The molecule has 2 aromatic rings. The van der Waals surface area contributed by atoms with Crippen molar-refractivity contribution >= 4 is 17.2 Å². The Hall–Kier alpha value is -1.86. The first-order chi connectivity index (χ1) is 10.7. The van der Waals surface area contributed by atoms with Crippen molar-refractivity contribution in [2.75, 3.05) is 13.2 Å². The van der Waals surface area contributed by atoms with E-state index in [9.17, 15) is 9.59 Å². The monoisotopic (exact) mass is 324 g/mol. The lowest BCUT2D eigenvalue weighted by Gasteiger charge is -2.07. The molecule has 7 heteroatoms. The summed E-state index contributed by atoms with van der Waals surface area (Å²) in [7, 11) is 0. The smallest absolute Gasteiger partial charge is 0.307 e. The topological polar surface area (TPSA) is 73.5 Å². The Balaban J connectivity index is 1.53. The molecule has 2 heterocycles. The average molecular weight is 324 g/mol. The minimum absolute atomic E-state index is 0.0170. The van der Waals surface area contributed by atoms with Crippen molar-refractivity contribution in [1.82, 2.24) is 9.88 Å². The first kappa shape index (κ1) is 16.5. The van der Waals surface area contributed by atoms with Crippen LogP contribution in [0.4, 0.5) is 0 Å². The number of aryl methyl sites for hydroxylation is 1. The fourth-order valence-corrected chi connectivity index (χ4v) is 2.71. The van der Waals surface area contributed by atoms with Gasteiger partial charge >= 0.3 is 4.87 Å². The van der Waals surface area contributed by atoms with Gasteiger partial charge in [0.05, 0.1) is 6.26 Å². The second kappa shape index (κ2) is 8.55. The van der Waals surface area contributed by atoms with Crippen LogP contribution in [0.5, 0.6) is 0 Å². The first-order valence-electron chi connectivity index (χ1n) is 7.18. The zero-order chi connectivity index (χ0) is 15.8. The normalized spacial score (nSPS) is 10.8. The summed E-state index contributed by atoms with van der Waals surface area (Å²) in [5.41, 5.74) is 0.897. The van der Waals surface area contributed by atoms with E-state index < -0.39 is 0 Å². The molecule has 2 aromatic heterocycles. The molecule has 0 aliphatic carbocycles. The molecule has 0 aromatic carbocycles. The standard InChI is InChI=1S/C15H20N2O4S/c1-12-11-22-15(19)17(12)7-5-14(18)16-6-3-8-20-10-13-4-2-9-21-13/h2,4,9,11H,3,5-8,10H2,1H3,(H,16,18). The van der Waals surface area contributed by atoms with E-state index in [2.05, 4.69) is 5.32 Å². The van der Waals surface area contributed by atoms with Crippen LogP contribution in [0.15, 0.2) is 33.0 Å². The van der Waals surface area contributed by atoms with E-state index in [-0.39, 0.29) is 10.8 Å². The lowest BCUT2D eigenvalue weighted by molar-refractivity contribution is -0.121. The number of nitrogens with zero attached hydrogens (tertiary/aromatic N) is 1. The van der Waals surface area contributed by atoms with Gasteiger partial charge in [-0.2, -0.15) is 0 Å². The van der Waals surface area contributed by atoms with Gasteiger partial charge in [-0.05, 0) is 25.5 Å². The van der Waals surface area contributed by atoms with Crippen LogP contribution in [0.2, 0.25) is 0 Å². The predicted octanol–water partition coefficient (Wildman–Crippen LogP) is 1.92. The predicted molar refractivity (Wildman–Crippen MR) is 83.9 cm³/mol. The maximum Gasteiger partial charge on any atom is 0.307 e.